The van der Waals surface area contributed by atoms with E-state index in [0.717, 1.165) is 41.0 Å². The van der Waals surface area contributed by atoms with E-state index >= 15 is 0 Å². The lowest BCUT2D eigenvalue weighted by Gasteiger charge is -2.37. The number of hydrogen-bond acceptors (Lipinski definition) is 3. The molecule has 1 aromatic heterocycles. The average molecular weight is 330 g/mol. The van der Waals surface area contributed by atoms with Crippen molar-refractivity contribution < 1.29 is 4.79 Å². The van der Waals surface area contributed by atoms with E-state index < -0.39 is 0 Å². The van der Waals surface area contributed by atoms with Crippen LogP contribution in [0.1, 0.15) is 37.5 Å². The van der Waals surface area contributed by atoms with Crippen LogP contribution in [0, 0.1) is 11.3 Å². The molecule has 0 saturated heterocycles. The highest BCUT2D eigenvalue weighted by atomic mass is 79.9. The Labute approximate surface area is 121 Å². The second-order valence-corrected chi connectivity index (χ2v) is 7.41. The molecular formula is C14H20BrNOS. The molecule has 2 N–H and O–H groups in total. The fraction of sp³-hybridized carbons (Fsp3) is 0.643. The van der Waals surface area contributed by atoms with Crippen LogP contribution >= 0.6 is 27.3 Å². The molecular weight excluding hydrogens is 310 g/mol. The second kappa shape index (κ2) is 5.85. The zero-order valence-electron chi connectivity index (χ0n) is 10.7. The van der Waals surface area contributed by atoms with E-state index in [1.165, 1.54) is 0 Å². The third-order valence-corrected chi connectivity index (χ3v) is 5.87. The summed E-state index contributed by atoms with van der Waals surface area (Å²) in [5.74, 6) is 1.08. The van der Waals surface area contributed by atoms with E-state index in [2.05, 4.69) is 22.9 Å². The first-order valence-electron chi connectivity index (χ1n) is 6.52. The highest BCUT2D eigenvalue weighted by Crippen LogP contribution is 2.40. The molecule has 1 aromatic rings. The Morgan fingerprint density at radius 2 is 2.22 bits per heavy atom. The van der Waals surface area contributed by atoms with E-state index in [1.807, 2.05) is 11.4 Å². The number of rotatable bonds is 4. The van der Waals surface area contributed by atoms with Gasteiger partial charge in [0.2, 0.25) is 0 Å². The van der Waals surface area contributed by atoms with E-state index in [0.29, 0.717) is 18.7 Å². The largest absolute Gasteiger partial charge is 0.329 e. The van der Waals surface area contributed by atoms with Crippen molar-refractivity contribution in [3.05, 3.63) is 20.8 Å². The second-order valence-electron chi connectivity index (χ2n) is 5.50. The van der Waals surface area contributed by atoms with Crippen molar-refractivity contribution in [2.24, 2.45) is 17.1 Å². The Kier molecular flexibility index (Phi) is 4.62. The summed E-state index contributed by atoms with van der Waals surface area (Å²) in [5, 5.41) is 2.03. The van der Waals surface area contributed by atoms with Gasteiger partial charge in [0, 0.05) is 33.1 Å². The molecule has 1 saturated carbocycles. The molecule has 0 bridgehead atoms. The number of thiophene rings is 1. The fourth-order valence-corrected chi connectivity index (χ4v) is 4.15. The first-order chi connectivity index (χ1) is 8.55. The normalized spacial score (nSPS) is 28.3. The van der Waals surface area contributed by atoms with Gasteiger partial charge in [-0.2, -0.15) is 0 Å². The summed E-state index contributed by atoms with van der Waals surface area (Å²) in [6.07, 6.45) is 4.75. The number of carbonyl (C=O) groups is 1. The summed E-state index contributed by atoms with van der Waals surface area (Å²) in [6, 6.07) is 2.04. The van der Waals surface area contributed by atoms with Crippen LogP contribution in [0.2, 0.25) is 0 Å². The summed E-state index contributed by atoms with van der Waals surface area (Å²) in [7, 11) is 0. The van der Waals surface area contributed by atoms with Crippen molar-refractivity contribution in [1.82, 2.24) is 0 Å². The van der Waals surface area contributed by atoms with E-state index in [1.54, 1.807) is 11.3 Å². The Balaban J connectivity index is 2.06. The molecule has 100 valence electrons. The quantitative estimate of drug-likeness (QED) is 0.913. The maximum atomic E-state index is 12.5. The number of carbonyl (C=O) groups excluding carboxylic acids is 1. The first-order valence-corrected chi connectivity index (χ1v) is 8.19. The predicted molar refractivity (Wildman–Crippen MR) is 79.8 cm³/mol. The molecule has 0 radical (unpaired) electrons. The number of Topliss-reactive ketones (excluding diaryl/α,β-unsaturated/α-hetero) is 1. The molecule has 0 amide bonds. The van der Waals surface area contributed by atoms with Gasteiger partial charge < -0.3 is 5.73 Å². The van der Waals surface area contributed by atoms with Crippen LogP contribution in [0.25, 0.3) is 0 Å². The van der Waals surface area contributed by atoms with Gasteiger partial charge in [0.25, 0.3) is 0 Å². The van der Waals surface area contributed by atoms with Crippen LogP contribution in [0.5, 0.6) is 0 Å². The minimum atomic E-state index is -0.247. The lowest BCUT2D eigenvalue weighted by atomic mass is 9.67. The van der Waals surface area contributed by atoms with Crippen LogP contribution in [-0.4, -0.2) is 12.3 Å². The number of hydrogen-bond donors (Lipinski definition) is 1. The maximum Gasteiger partial charge on any atom is 0.145 e. The zero-order valence-corrected chi connectivity index (χ0v) is 13.1. The molecule has 1 heterocycles. The minimum Gasteiger partial charge on any atom is -0.329 e. The van der Waals surface area contributed by atoms with Crippen molar-refractivity contribution in [3.8, 4) is 0 Å². The molecule has 0 unspecified atom stereocenters. The summed E-state index contributed by atoms with van der Waals surface area (Å²) in [6.45, 7) is 2.77. The summed E-state index contributed by atoms with van der Waals surface area (Å²) < 4.78 is 1.06. The van der Waals surface area contributed by atoms with Gasteiger partial charge in [0.1, 0.15) is 5.78 Å². The summed E-state index contributed by atoms with van der Waals surface area (Å²) >= 11 is 5.07. The van der Waals surface area contributed by atoms with Crippen molar-refractivity contribution in [3.63, 3.8) is 0 Å². The van der Waals surface area contributed by atoms with E-state index in [4.69, 9.17) is 5.73 Å². The van der Waals surface area contributed by atoms with Crippen LogP contribution in [0.4, 0.5) is 0 Å². The SMILES string of the molecule is CC1CCC(CN)(C(=O)Cc2cc(Br)cs2)CC1. The van der Waals surface area contributed by atoms with E-state index in [9.17, 15) is 4.79 Å². The van der Waals surface area contributed by atoms with Gasteiger partial charge in [-0.15, -0.1) is 11.3 Å². The molecule has 0 atom stereocenters. The van der Waals surface area contributed by atoms with Gasteiger partial charge in [0.15, 0.2) is 0 Å². The zero-order chi connectivity index (χ0) is 13.2. The van der Waals surface area contributed by atoms with Crippen molar-refractivity contribution in [2.45, 2.75) is 39.0 Å². The maximum absolute atomic E-state index is 12.5. The van der Waals surface area contributed by atoms with E-state index in [-0.39, 0.29) is 5.41 Å². The molecule has 1 aliphatic rings. The van der Waals surface area contributed by atoms with Crippen LogP contribution in [-0.2, 0) is 11.2 Å². The van der Waals surface area contributed by atoms with Gasteiger partial charge in [-0.05, 0) is 53.6 Å². The lowest BCUT2D eigenvalue weighted by molar-refractivity contribution is -0.129. The molecule has 0 aromatic carbocycles. The molecule has 0 aliphatic heterocycles. The topological polar surface area (TPSA) is 43.1 Å². The molecule has 1 aliphatic carbocycles. The Morgan fingerprint density at radius 3 is 2.72 bits per heavy atom. The van der Waals surface area contributed by atoms with Gasteiger partial charge in [-0.1, -0.05) is 6.92 Å². The van der Waals surface area contributed by atoms with Crippen molar-refractivity contribution >= 4 is 33.0 Å². The molecule has 2 rings (SSSR count). The molecule has 18 heavy (non-hydrogen) atoms. The smallest absolute Gasteiger partial charge is 0.145 e. The minimum absolute atomic E-state index is 0.247. The number of ketones is 1. The predicted octanol–water partition coefficient (Wildman–Crippen LogP) is 3.78. The highest BCUT2D eigenvalue weighted by Gasteiger charge is 2.39. The Hall–Kier alpha value is -0.190. The summed E-state index contributed by atoms with van der Waals surface area (Å²) in [4.78, 5) is 13.7. The molecule has 2 nitrogen and oxygen atoms in total. The summed E-state index contributed by atoms with van der Waals surface area (Å²) in [5.41, 5.74) is 5.67. The Morgan fingerprint density at radius 1 is 1.56 bits per heavy atom. The van der Waals surface area contributed by atoms with Crippen LogP contribution in [0.3, 0.4) is 0 Å². The first kappa shape index (κ1) is 14.2. The lowest BCUT2D eigenvalue weighted by Crippen LogP contribution is -2.42. The third kappa shape index (κ3) is 3.03. The fourth-order valence-electron chi connectivity index (χ4n) is 2.70. The molecule has 1 fully saturated rings. The molecule has 0 spiro atoms. The standard InChI is InChI=1S/C14H20BrNOS/c1-10-2-4-14(9-16,5-3-10)13(17)7-12-6-11(15)8-18-12/h6,8,10H,2-5,7,9,16H2,1H3. The third-order valence-electron chi connectivity index (χ3n) is 4.17. The van der Waals surface area contributed by atoms with Crippen molar-refractivity contribution in [1.29, 1.82) is 0 Å². The molecule has 4 heteroatoms. The van der Waals surface area contributed by atoms with Crippen LogP contribution in [0.15, 0.2) is 15.9 Å². The monoisotopic (exact) mass is 329 g/mol. The van der Waals surface area contributed by atoms with Gasteiger partial charge >= 0.3 is 0 Å². The average Bonchev–Trinajstić information content (AvgIpc) is 2.76. The Bertz CT molecular complexity index is 421. The highest BCUT2D eigenvalue weighted by molar-refractivity contribution is 9.10. The number of nitrogens with two attached hydrogens (primary N) is 1. The van der Waals surface area contributed by atoms with Crippen molar-refractivity contribution in [2.75, 3.05) is 6.54 Å². The van der Waals surface area contributed by atoms with Gasteiger partial charge in [-0.25, -0.2) is 0 Å². The number of halogens is 1. The van der Waals surface area contributed by atoms with Gasteiger partial charge in [0.05, 0.1) is 0 Å². The van der Waals surface area contributed by atoms with Gasteiger partial charge in [-0.3, -0.25) is 4.79 Å². The van der Waals surface area contributed by atoms with Crippen LogP contribution < -0.4 is 5.73 Å².